The van der Waals surface area contributed by atoms with Gasteiger partial charge < -0.3 is 4.98 Å². The zero-order valence-corrected chi connectivity index (χ0v) is 5.91. The zero-order chi connectivity index (χ0) is 7.68. The van der Waals surface area contributed by atoms with Gasteiger partial charge in [0, 0.05) is 23.3 Å². The molecule has 0 aromatic carbocycles. The van der Waals surface area contributed by atoms with E-state index >= 15 is 0 Å². The second-order valence-corrected chi connectivity index (χ2v) is 2.23. The van der Waals surface area contributed by atoms with Crippen LogP contribution in [0, 0.1) is 0 Å². The quantitative estimate of drug-likeness (QED) is 0.662. The molecule has 0 aliphatic carbocycles. The van der Waals surface area contributed by atoms with Crippen LogP contribution in [0.5, 0.6) is 0 Å². The van der Waals surface area contributed by atoms with Gasteiger partial charge in [0.25, 0.3) is 0 Å². The molecule has 0 unspecified atom stereocenters. The Morgan fingerprint density at radius 1 is 1.55 bits per heavy atom. The first-order valence-corrected chi connectivity index (χ1v) is 3.31. The monoisotopic (exact) mass is 145 g/mol. The minimum atomic E-state index is 0.856. The number of nitrogens with zero attached hydrogens (tertiary/aromatic N) is 2. The van der Waals surface area contributed by atoms with Crippen molar-refractivity contribution in [2.45, 2.75) is 0 Å². The summed E-state index contributed by atoms with van der Waals surface area (Å²) >= 11 is 0. The standard InChI is InChI=1S/C8H7N3/c1-2-6-3-10-8-7(6)4-9-5-11-8/h2-5H,1H2,(H,9,10,11). The highest BCUT2D eigenvalue weighted by atomic mass is 14.9. The van der Waals surface area contributed by atoms with Gasteiger partial charge in [-0.15, -0.1) is 0 Å². The highest BCUT2D eigenvalue weighted by Crippen LogP contribution is 2.14. The van der Waals surface area contributed by atoms with Crippen LogP contribution in [0.4, 0.5) is 0 Å². The molecule has 0 atom stereocenters. The molecule has 2 aromatic rings. The molecular formula is C8H7N3. The molecule has 2 rings (SSSR count). The summed E-state index contributed by atoms with van der Waals surface area (Å²) in [5, 5.41) is 1.02. The highest BCUT2D eigenvalue weighted by molar-refractivity contribution is 5.84. The Morgan fingerprint density at radius 3 is 3.27 bits per heavy atom. The van der Waals surface area contributed by atoms with Crippen LogP contribution in [-0.2, 0) is 0 Å². The first kappa shape index (κ1) is 6.09. The summed E-state index contributed by atoms with van der Waals surface area (Å²) in [5.41, 5.74) is 1.90. The van der Waals surface area contributed by atoms with E-state index in [0.717, 1.165) is 16.6 Å². The van der Waals surface area contributed by atoms with Crippen LogP contribution in [0.1, 0.15) is 5.56 Å². The Bertz CT molecular complexity index is 389. The predicted molar refractivity (Wildman–Crippen MR) is 44.0 cm³/mol. The maximum Gasteiger partial charge on any atom is 0.141 e. The molecule has 2 aromatic heterocycles. The summed E-state index contributed by atoms with van der Waals surface area (Å²) in [6.45, 7) is 3.68. The molecule has 11 heavy (non-hydrogen) atoms. The smallest absolute Gasteiger partial charge is 0.141 e. The van der Waals surface area contributed by atoms with Crippen molar-refractivity contribution in [2.24, 2.45) is 0 Å². The number of nitrogens with one attached hydrogen (secondary N) is 1. The van der Waals surface area contributed by atoms with Gasteiger partial charge in [-0.2, -0.15) is 0 Å². The minimum Gasteiger partial charge on any atom is -0.345 e. The third kappa shape index (κ3) is 0.816. The number of aromatic amines is 1. The molecule has 1 N–H and O–H groups in total. The second-order valence-electron chi connectivity index (χ2n) is 2.23. The number of fused-ring (bicyclic) bond motifs is 1. The van der Waals surface area contributed by atoms with E-state index in [2.05, 4.69) is 21.5 Å². The zero-order valence-electron chi connectivity index (χ0n) is 5.91. The fourth-order valence-electron chi connectivity index (χ4n) is 1.05. The van der Waals surface area contributed by atoms with Crippen molar-refractivity contribution < 1.29 is 0 Å². The van der Waals surface area contributed by atoms with E-state index in [9.17, 15) is 0 Å². The average Bonchev–Trinajstić information content (AvgIpc) is 2.47. The summed E-state index contributed by atoms with van der Waals surface area (Å²) in [6, 6.07) is 0. The molecule has 0 fully saturated rings. The number of H-pyrrole nitrogens is 1. The van der Waals surface area contributed by atoms with E-state index in [1.807, 2.05) is 6.20 Å². The molecule has 0 radical (unpaired) electrons. The largest absolute Gasteiger partial charge is 0.345 e. The maximum absolute atomic E-state index is 4.04. The fourth-order valence-corrected chi connectivity index (χ4v) is 1.05. The van der Waals surface area contributed by atoms with Crippen LogP contribution >= 0.6 is 0 Å². The summed E-state index contributed by atoms with van der Waals surface area (Å²) in [5.74, 6) is 0. The second kappa shape index (κ2) is 2.20. The van der Waals surface area contributed by atoms with Crippen molar-refractivity contribution in [1.82, 2.24) is 15.0 Å². The third-order valence-corrected chi connectivity index (χ3v) is 1.61. The van der Waals surface area contributed by atoms with Gasteiger partial charge in [0.05, 0.1) is 0 Å². The number of aromatic nitrogens is 3. The van der Waals surface area contributed by atoms with E-state index in [1.165, 1.54) is 6.33 Å². The topological polar surface area (TPSA) is 41.6 Å². The molecule has 2 heterocycles. The Hall–Kier alpha value is -1.64. The summed E-state index contributed by atoms with van der Waals surface area (Å²) in [4.78, 5) is 11.0. The van der Waals surface area contributed by atoms with Crippen LogP contribution in [-0.4, -0.2) is 15.0 Å². The molecule has 0 aliphatic heterocycles. The lowest BCUT2D eigenvalue weighted by Gasteiger charge is -1.86. The highest BCUT2D eigenvalue weighted by Gasteiger charge is 1.98. The van der Waals surface area contributed by atoms with Gasteiger partial charge in [0.15, 0.2) is 0 Å². The number of hydrogen-bond acceptors (Lipinski definition) is 2. The molecule has 0 saturated carbocycles. The summed E-state index contributed by atoms with van der Waals surface area (Å²) < 4.78 is 0. The number of rotatable bonds is 1. The van der Waals surface area contributed by atoms with Crippen LogP contribution in [0.3, 0.4) is 0 Å². The van der Waals surface area contributed by atoms with Crippen molar-refractivity contribution >= 4 is 17.1 Å². The van der Waals surface area contributed by atoms with E-state index in [4.69, 9.17) is 0 Å². The van der Waals surface area contributed by atoms with Crippen molar-refractivity contribution in [3.8, 4) is 0 Å². The van der Waals surface area contributed by atoms with Crippen molar-refractivity contribution in [3.05, 3.63) is 30.9 Å². The van der Waals surface area contributed by atoms with Crippen molar-refractivity contribution in [3.63, 3.8) is 0 Å². The Kier molecular flexibility index (Phi) is 1.22. The van der Waals surface area contributed by atoms with Gasteiger partial charge in [0.2, 0.25) is 0 Å². The molecule has 0 saturated heterocycles. The first-order valence-electron chi connectivity index (χ1n) is 3.31. The normalized spacial score (nSPS) is 10.2. The van der Waals surface area contributed by atoms with Gasteiger partial charge in [-0.3, -0.25) is 0 Å². The van der Waals surface area contributed by atoms with Crippen LogP contribution in [0.25, 0.3) is 17.1 Å². The summed E-state index contributed by atoms with van der Waals surface area (Å²) in [6.07, 6.45) is 6.94. The molecule has 3 nitrogen and oxygen atoms in total. The lowest BCUT2D eigenvalue weighted by atomic mass is 10.2. The van der Waals surface area contributed by atoms with Crippen molar-refractivity contribution in [1.29, 1.82) is 0 Å². The third-order valence-electron chi connectivity index (χ3n) is 1.61. The van der Waals surface area contributed by atoms with Crippen molar-refractivity contribution in [2.75, 3.05) is 0 Å². The van der Waals surface area contributed by atoms with Crippen LogP contribution in [0.15, 0.2) is 25.3 Å². The van der Waals surface area contributed by atoms with E-state index in [-0.39, 0.29) is 0 Å². The van der Waals surface area contributed by atoms with E-state index < -0.39 is 0 Å². The van der Waals surface area contributed by atoms with Crippen LogP contribution < -0.4 is 0 Å². The molecule has 3 heteroatoms. The lowest BCUT2D eigenvalue weighted by Crippen LogP contribution is -1.77. The average molecular weight is 145 g/mol. The van der Waals surface area contributed by atoms with Gasteiger partial charge in [-0.05, 0) is 0 Å². The molecule has 0 bridgehead atoms. The molecule has 0 spiro atoms. The predicted octanol–water partition coefficient (Wildman–Crippen LogP) is 1.60. The molecule has 0 amide bonds. The number of hydrogen-bond donors (Lipinski definition) is 1. The van der Waals surface area contributed by atoms with Crippen LogP contribution in [0.2, 0.25) is 0 Å². The van der Waals surface area contributed by atoms with E-state index in [1.54, 1.807) is 12.3 Å². The fraction of sp³-hybridized carbons (Fsp3) is 0. The molecule has 0 aliphatic rings. The van der Waals surface area contributed by atoms with Gasteiger partial charge in [-0.1, -0.05) is 12.7 Å². The van der Waals surface area contributed by atoms with Gasteiger partial charge in [0.1, 0.15) is 12.0 Å². The molecular weight excluding hydrogens is 138 g/mol. The molecule has 54 valence electrons. The lowest BCUT2D eigenvalue weighted by molar-refractivity contribution is 1.20. The Balaban J connectivity index is 2.86. The maximum atomic E-state index is 4.04. The Labute approximate surface area is 63.8 Å². The van der Waals surface area contributed by atoms with E-state index in [0.29, 0.717) is 0 Å². The SMILES string of the molecule is C=Cc1c[nH]c2ncncc12. The summed E-state index contributed by atoms with van der Waals surface area (Å²) in [7, 11) is 0. The Morgan fingerprint density at radius 2 is 2.45 bits per heavy atom. The van der Waals surface area contributed by atoms with Gasteiger partial charge in [-0.25, -0.2) is 9.97 Å². The minimum absolute atomic E-state index is 0.856. The first-order chi connectivity index (χ1) is 5.42. The van der Waals surface area contributed by atoms with Gasteiger partial charge >= 0.3 is 0 Å².